The molecule has 2 aliphatic rings. The fourth-order valence-corrected chi connectivity index (χ4v) is 3.39. The summed E-state index contributed by atoms with van der Waals surface area (Å²) < 4.78 is 0. The Morgan fingerprint density at radius 1 is 1.10 bits per heavy atom. The number of aryl methyl sites for hydroxylation is 2. The Bertz CT molecular complexity index is 553. The summed E-state index contributed by atoms with van der Waals surface area (Å²) in [6, 6.07) is 5.61. The highest BCUT2D eigenvalue weighted by Crippen LogP contribution is 2.27. The second kappa shape index (κ2) is 5.27. The van der Waals surface area contributed by atoms with Crippen molar-refractivity contribution in [3.63, 3.8) is 0 Å². The van der Waals surface area contributed by atoms with E-state index in [1.807, 2.05) is 18.2 Å². The maximum atomic E-state index is 12.3. The van der Waals surface area contributed by atoms with Gasteiger partial charge in [0.2, 0.25) is 0 Å². The van der Waals surface area contributed by atoms with Gasteiger partial charge in [0, 0.05) is 11.6 Å². The predicted octanol–water partition coefficient (Wildman–Crippen LogP) is 2.16. The molecule has 0 saturated heterocycles. The smallest absolute Gasteiger partial charge is 0.308 e. The zero-order valence-electron chi connectivity index (χ0n) is 11.4. The number of carbonyl (C=O) groups excluding carboxylic acids is 1. The molecule has 1 amide bonds. The second-order valence-corrected chi connectivity index (χ2v) is 5.79. The van der Waals surface area contributed by atoms with Gasteiger partial charge in [-0.2, -0.15) is 0 Å². The molecule has 4 nitrogen and oxygen atoms in total. The highest BCUT2D eigenvalue weighted by Gasteiger charge is 2.34. The van der Waals surface area contributed by atoms with Crippen molar-refractivity contribution in [2.45, 2.75) is 44.6 Å². The summed E-state index contributed by atoms with van der Waals surface area (Å²) in [7, 11) is 0. The summed E-state index contributed by atoms with van der Waals surface area (Å²) in [5, 5.41) is 12.0. The van der Waals surface area contributed by atoms with Crippen LogP contribution in [0.25, 0.3) is 0 Å². The van der Waals surface area contributed by atoms with Crippen molar-refractivity contribution in [1.29, 1.82) is 0 Å². The average molecular weight is 273 g/mol. The summed E-state index contributed by atoms with van der Waals surface area (Å²) in [5.74, 6) is -1.38. The Balaban J connectivity index is 1.71. The van der Waals surface area contributed by atoms with Gasteiger partial charge in [0.25, 0.3) is 5.91 Å². The molecular weight excluding hydrogens is 254 g/mol. The van der Waals surface area contributed by atoms with Gasteiger partial charge in [0.15, 0.2) is 0 Å². The molecule has 4 heteroatoms. The first kappa shape index (κ1) is 13.2. The highest BCUT2D eigenvalue weighted by atomic mass is 16.4. The van der Waals surface area contributed by atoms with Gasteiger partial charge in [-0.1, -0.05) is 12.5 Å². The summed E-state index contributed by atoms with van der Waals surface area (Å²) in [5.41, 5.74) is 3.26. The SMILES string of the molecule is O=C(NC1CCCC1C(=O)O)c1ccc2c(c1)CCC2. The fraction of sp³-hybridized carbons (Fsp3) is 0.500. The molecule has 0 bridgehead atoms. The van der Waals surface area contributed by atoms with Crippen molar-refractivity contribution in [3.8, 4) is 0 Å². The van der Waals surface area contributed by atoms with Crippen LogP contribution < -0.4 is 5.32 Å². The molecule has 0 aromatic heterocycles. The van der Waals surface area contributed by atoms with Gasteiger partial charge in [-0.05, 0) is 55.4 Å². The Kier molecular flexibility index (Phi) is 3.47. The molecule has 1 saturated carbocycles. The molecule has 2 unspecified atom stereocenters. The first-order valence-corrected chi connectivity index (χ1v) is 7.30. The summed E-state index contributed by atoms with van der Waals surface area (Å²) >= 11 is 0. The molecule has 0 radical (unpaired) electrons. The number of aliphatic carboxylic acids is 1. The normalized spacial score (nSPS) is 24.4. The lowest BCUT2D eigenvalue weighted by atomic mass is 10.0. The van der Waals surface area contributed by atoms with Crippen LogP contribution in [0.3, 0.4) is 0 Å². The Labute approximate surface area is 118 Å². The maximum absolute atomic E-state index is 12.3. The van der Waals surface area contributed by atoms with E-state index in [1.165, 1.54) is 11.1 Å². The largest absolute Gasteiger partial charge is 0.481 e. The van der Waals surface area contributed by atoms with Gasteiger partial charge in [-0.3, -0.25) is 9.59 Å². The summed E-state index contributed by atoms with van der Waals surface area (Å²) in [6.07, 6.45) is 5.58. The second-order valence-electron chi connectivity index (χ2n) is 5.79. The number of carbonyl (C=O) groups is 2. The van der Waals surface area contributed by atoms with Crippen molar-refractivity contribution in [2.75, 3.05) is 0 Å². The van der Waals surface area contributed by atoms with Crippen molar-refractivity contribution in [1.82, 2.24) is 5.32 Å². The van der Waals surface area contributed by atoms with Gasteiger partial charge >= 0.3 is 5.97 Å². The molecule has 0 heterocycles. The number of nitrogens with one attached hydrogen (secondary N) is 1. The van der Waals surface area contributed by atoms with Crippen molar-refractivity contribution < 1.29 is 14.7 Å². The van der Waals surface area contributed by atoms with Crippen molar-refractivity contribution in [3.05, 3.63) is 34.9 Å². The van der Waals surface area contributed by atoms with E-state index in [0.717, 1.165) is 32.1 Å². The van der Waals surface area contributed by atoms with Crippen LogP contribution in [-0.2, 0) is 17.6 Å². The van der Waals surface area contributed by atoms with Crippen LogP contribution in [0.1, 0.15) is 47.2 Å². The quantitative estimate of drug-likeness (QED) is 0.887. The predicted molar refractivity (Wildman–Crippen MR) is 74.7 cm³/mol. The van der Waals surface area contributed by atoms with Crippen LogP contribution in [0.2, 0.25) is 0 Å². The molecule has 2 aliphatic carbocycles. The number of rotatable bonds is 3. The summed E-state index contributed by atoms with van der Waals surface area (Å²) in [4.78, 5) is 23.4. The van der Waals surface area contributed by atoms with Crippen LogP contribution in [-0.4, -0.2) is 23.0 Å². The van der Waals surface area contributed by atoms with E-state index in [-0.39, 0.29) is 11.9 Å². The zero-order chi connectivity index (χ0) is 14.1. The van der Waals surface area contributed by atoms with Gasteiger partial charge in [0.05, 0.1) is 5.92 Å². The number of amides is 1. The number of hydrogen-bond donors (Lipinski definition) is 2. The number of carboxylic acid groups (broad SMARTS) is 1. The molecule has 0 spiro atoms. The lowest BCUT2D eigenvalue weighted by Gasteiger charge is -2.17. The van der Waals surface area contributed by atoms with Crippen LogP contribution >= 0.6 is 0 Å². The van der Waals surface area contributed by atoms with Crippen LogP contribution in [0, 0.1) is 5.92 Å². The monoisotopic (exact) mass is 273 g/mol. The molecular formula is C16H19NO3. The van der Waals surface area contributed by atoms with Crippen LogP contribution in [0.15, 0.2) is 18.2 Å². The average Bonchev–Trinajstić information content (AvgIpc) is 3.05. The molecule has 106 valence electrons. The maximum Gasteiger partial charge on any atom is 0.308 e. The van der Waals surface area contributed by atoms with Gasteiger partial charge in [0.1, 0.15) is 0 Å². The lowest BCUT2D eigenvalue weighted by molar-refractivity contribution is -0.142. The van der Waals surface area contributed by atoms with E-state index in [4.69, 9.17) is 5.11 Å². The molecule has 1 aromatic rings. The summed E-state index contributed by atoms with van der Waals surface area (Å²) in [6.45, 7) is 0. The third kappa shape index (κ3) is 2.42. The van der Waals surface area contributed by atoms with E-state index in [9.17, 15) is 9.59 Å². The van der Waals surface area contributed by atoms with Gasteiger partial charge in [-0.15, -0.1) is 0 Å². The van der Waals surface area contributed by atoms with E-state index < -0.39 is 11.9 Å². The standard InChI is InChI=1S/C16H19NO3/c18-15(17-14-6-2-5-13(14)16(19)20)12-8-7-10-3-1-4-11(10)9-12/h7-9,13-14H,1-6H2,(H,17,18)(H,19,20). The Morgan fingerprint density at radius 2 is 1.90 bits per heavy atom. The minimum absolute atomic E-state index is 0.141. The lowest BCUT2D eigenvalue weighted by Crippen LogP contribution is -2.40. The van der Waals surface area contributed by atoms with Crippen molar-refractivity contribution in [2.24, 2.45) is 5.92 Å². The fourth-order valence-electron chi connectivity index (χ4n) is 3.39. The number of fused-ring (bicyclic) bond motifs is 1. The molecule has 2 atom stereocenters. The van der Waals surface area contributed by atoms with Crippen molar-refractivity contribution >= 4 is 11.9 Å². The highest BCUT2D eigenvalue weighted by molar-refractivity contribution is 5.95. The van der Waals surface area contributed by atoms with Gasteiger partial charge in [-0.25, -0.2) is 0 Å². The van der Waals surface area contributed by atoms with Gasteiger partial charge < -0.3 is 10.4 Å². The third-order valence-electron chi connectivity index (χ3n) is 4.51. The molecule has 2 N–H and O–H groups in total. The first-order valence-electron chi connectivity index (χ1n) is 7.30. The molecule has 3 rings (SSSR count). The van der Waals surface area contributed by atoms with E-state index >= 15 is 0 Å². The molecule has 20 heavy (non-hydrogen) atoms. The van der Waals surface area contributed by atoms with Crippen LogP contribution in [0.4, 0.5) is 0 Å². The Morgan fingerprint density at radius 3 is 2.70 bits per heavy atom. The topological polar surface area (TPSA) is 66.4 Å². The minimum atomic E-state index is -0.804. The van der Waals surface area contributed by atoms with E-state index in [1.54, 1.807) is 0 Å². The first-order chi connectivity index (χ1) is 9.65. The number of hydrogen-bond acceptors (Lipinski definition) is 2. The molecule has 1 fully saturated rings. The number of benzene rings is 1. The zero-order valence-corrected chi connectivity index (χ0v) is 11.4. The van der Waals surface area contributed by atoms with Crippen LogP contribution in [0.5, 0.6) is 0 Å². The molecule has 1 aromatic carbocycles. The molecule has 0 aliphatic heterocycles. The Hall–Kier alpha value is -1.84. The van der Waals surface area contributed by atoms with E-state index in [0.29, 0.717) is 12.0 Å². The minimum Gasteiger partial charge on any atom is -0.481 e. The van der Waals surface area contributed by atoms with E-state index in [2.05, 4.69) is 5.32 Å². The number of carboxylic acids is 1. The third-order valence-corrected chi connectivity index (χ3v) is 4.51.